The smallest absolute Gasteiger partial charge is 0.213 e. The van der Waals surface area contributed by atoms with Crippen LogP contribution in [0.25, 0.3) is 11.1 Å². The summed E-state index contributed by atoms with van der Waals surface area (Å²) in [5.74, 6) is -0.115. The van der Waals surface area contributed by atoms with E-state index in [2.05, 4.69) is 4.98 Å². The second-order valence-corrected chi connectivity index (χ2v) is 6.52. The van der Waals surface area contributed by atoms with Crippen LogP contribution >= 0.6 is 11.6 Å². The van der Waals surface area contributed by atoms with Gasteiger partial charge in [0, 0.05) is 18.0 Å². The number of benzene rings is 2. The van der Waals surface area contributed by atoms with Crippen LogP contribution in [-0.2, 0) is 21.8 Å². The van der Waals surface area contributed by atoms with Gasteiger partial charge < -0.3 is 18.8 Å². The Labute approximate surface area is 157 Å². The van der Waals surface area contributed by atoms with Crippen molar-refractivity contribution in [3.8, 4) is 16.9 Å². The van der Waals surface area contributed by atoms with Gasteiger partial charge in [-0.3, -0.25) is 0 Å². The molecule has 26 heavy (non-hydrogen) atoms. The largest absolute Gasteiger partial charge is 0.495 e. The minimum atomic E-state index is -0.781. The molecule has 0 amide bonds. The highest BCUT2D eigenvalue weighted by Gasteiger charge is 2.39. The van der Waals surface area contributed by atoms with Gasteiger partial charge in [0.1, 0.15) is 5.75 Å². The summed E-state index contributed by atoms with van der Waals surface area (Å²) < 4.78 is 19.1. The molecule has 1 aromatic heterocycles. The number of aromatic nitrogens is 2. The molecule has 0 aliphatic carbocycles. The van der Waals surface area contributed by atoms with Crippen LogP contribution in [0.5, 0.6) is 5.75 Å². The zero-order valence-corrected chi connectivity index (χ0v) is 15.1. The maximum atomic E-state index is 6.24. The lowest BCUT2D eigenvalue weighted by atomic mass is 9.99. The van der Waals surface area contributed by atoms with Crippen molar-refractivity contribution in [3.63, 3.8) is 0 Å². The van der Waals surface area contributed by atoms with E-state index in [-0.39, 0.29) is 0 Å². The molecule has 1 aliphatic heterocycles. The first-order chi connectivity index (χ1) is 12.7. The standard InChI is InChI=1S/C20H19ClN2O3/c1-24-19-7-4-16(12-18(19)21)15-2-5-17(6-3-15)20(25-10-11-26-20)13-23-9-8-22-14-23/h2-9,12,14H,10-11,13H2,1H3. The molecule has 0 N–H and O–H groups in total. The molecule has 2 aromatic carbocycles. The van der Waals surface area contributed by atoms with Gasteiger partial charge in [-0.2, -0.15) is 0 Å². The van der Waals surface area contributed by atoms with E-state index in [9.17, 15) is 0 Å². The average Bonchev–Trinajstić information content (AvgIpc) is 3.35. The van der Waals surface area contributed by atoms with Crippen molar-refractivity contribution in [3.05, 3.63) is 71.8 Å². The summed E-state index contributed by atoms with van der Waals surface area (Å²) in [5.41, 5.74) is 3.07. The van der Waals surface area contributed by atoms with Crippen molar-refractivity contribution in [1.82, 2.24) is 9.55 Å². The van der Waals surface area contributed by atoms with Crippen molar-refractivity contribution in [2.24, 2.45) is 0 Å². The summed E-state index contributed by atoms with van der Waals surface area (Å²) in [6.07, 6.45) is 5.42. The van der Waals surface area contributed by atoms with Gasteiger partial charge in [0.25, 0.3) is 0 Å². The minimum Gasteiger partial charge on any atom is -0.495 e. The van der Waals surface area contributed by atoms with Gasteiger partial charge in [0.2, 0.25) is 5.79 Å². The van der Waals surface area contributed by atoms with Gasteiger partial charge in [0.05, 0.1) is 38.2 Å². The van der Waals surface area contributed by atoms with Crippen LogP contribution in [0, 0.1) is 0 Å². The Hall–Kier alpha value is -2.34. The molecule has 2 heterocycles. The van der Waals surface area contributed by atoms with Crippen molar-refractivity contribution < 1.29 is 14.2 Å². The Morgan fingerprint density at radius 1 is 1.12 bits per heavy atom. The van der Waals surface area contributed by atoms with Crippen molar-refractivity contribution in [1.29, 1.82) is 0 Å². The number of halogens is 1. The van der Waals surface area contributed by atoms with Crippen LogP contribution in [0.3, 0.4) is 0 Å². The maximum absolute atomic E-state index is 6.24. The molecule has 5 nitrogen and oxygen atoms in total. The Balaban J connectivity index is 1.63. The number of ether oxygens (including phenoxy) is 3. The van der Waals surface area contributed by atoms with E-state index < -0.39 is 5.79 Å². The van der Waals surface area contributed by atoms with Gasteiger partial charge >= 0.3 is 0 Å². The Kier molecular flexibility index (Phi) is 4.68. The highest BCUT2D eigenvalue weighted by atomic mass is 35.5. The molecule has 0 radical (unpaired) electrons. The van der Waals surface area contributed by atoms with Crippen LogP contribution in [0.4, 0.5) is 0 Å². The third kappa shape index (κ3) is 3.21. The lowest BCUT2D eigenvalue weighted by Crippen LogP contribution is -2.32. The van der Waals surface area contributed by atoms with Crippen molar-refractivity contribution in [2.75, 3.05) is 20.3 Å². The maximum Gasteiger partial charge on any atom is 0.213 e. The van der Waals surface area contributed by atoms with Gasteiger partial charge in [-0.15, -0.1) is 0 Å². The summed E-state index contributed by atoms with van der Waals surface area (Å²) in [4.78, 5) is 4.09. The average molecular weight is 371 g/mol. The van der Waals surface area contributed by atoms with Crippen LogP contribution in [0.2, 0.25) is 5.02 Å². The number of hydrogen-bond donors (Lipinski definition) is 0. The fraction of sp³-hybridized carbons (Fsp3) is 0.250. The lowest BCUT2D eigenvalue weighted by molar-refractivity contribution is -0.176. The predicted octanol–water partition coefficient (Wildman–Crippen LogP) is 4.11. The summed E-state index contributed by atoms with van der Waals surface area (Å²) in [6, 6.07) is 13.9. The molecule has 0 unspecified atom stereocenters. The molecule has 0 bridgehead atoms. The number of imidazole rings is 1. The quantitative estimate of drug-likeness (QED) is 0.678. The number of hydrogen-bond acceptors (Lipinski definition) is 4. The van der Waals surface area contributed by atoms with Crippen LogP contribution in [0.1, 0.15) is 5.56 Å². The Morgan fingerprint density at radius 2 is 1.85 bits per heavy atom. The monoisotopic (exact) mass is 370 g/mol. The molecule has 6 heteroatoms. The molecule has 0 spiro atoms. The molecule has 0 saturated carbocycles. The third-order valence-corrected chi connectivity index (χ3v) is 4.81. The SMILES string of the molecule is COc1ccc(-c2ccc(C3(Cn4ccnc4)OCCO3)cc2)cc1Cl. The fourth-order valence-corrected chi connectivity index (χ4v) is 3.44. The van der Waals surface area contributed by atoms with E-state index in [4.69, 9.17) is 25.8 Å². The Morgan fingerprint density at radius 3 is 2.46 bits per heavy atom. The normalized spacial score (nSPS) is 15.9. The molecule has 0 atom stereocenters. The van der Waals surface area contributed by atoms with E-state index in [1.165, 1.54) is 0 Å². The summed E-state index contributed by atoms with van der Waals surface area (Å²) >= 11 is 6.24. The van der Waals surface area contributed by atoms with Crippen LogP contribution in [0.15, 0.2) is 61.2 Å². The molecule has 134 valence electrons. The second-order valence-electron chi connectivity index (χ2n) is 6.11. The summed E-state index contributed by atoms with van der Waals surface area (Å²) in [6.45, 7) is 1.70. The van der Waals surface area contributed by atoms with Gasteiger partial charge in [0.15, 0.2) is 0 Å². The predicted molar refractivity (Wildman–Crippen MR) is 99.2 cm³/mol. The molecule has 1 saturated heterocycles. The molecular weight excluding hydrogens is 352 g/mol. The highest BCUT2D eigenvalue weighted by Crippen LogP contribution is 2.35. The first kappa shape index (κ1) is 17.1. The lowest BCUT2D eigenvalue weighted by Gasteiger charge is -2.28. The van der Waals surface area contributed by atoms with Gasteiger partial charge in [-0.1, -0.05) is 41.9 Å². The summed E-state index contributed by atoms with van der Waals surface area (Å²) in [5, 5.41) is 0.591. The van der Waals surface area contributed by atoms with E-state index in [1.807, 2.05) is 53.2 Å². The van der Waals surface area contributed by atoms with Gasteiger partial charge in [-0.05, 0) is 23.3 Å². The van der Waals surface area contributed by atoms with E-state index >= 15 is 0 Å². The number of rotatable bonds is 5. The molecular formula is C20H19ClN2O3. The first-order valence-electron chi connectivity index (χ1n) is 8.38. The van der Waals surface area contributed by atoms with Crippen LogP contribution in [-0.4, -0.2) is 29.9 Å². The fourth-order valence-electron chi connectivity index (χ4n) is 3.19. The zero-order chi connectivity index (χ0) is 18.0. The van der Waals surface area contributed by atoms with Crippen molar-refractivity contribution >= 4 is 11.6 Å². The third-order valence-electron chi connectivity index (χ3n) is 4.51. The zero-order valence-electron chi connectivity index (χ0n) is 14.4. The van der Waals surface area contributed by atoms with Crippen molar-refractivity contribution in [2.45, 2.75) is 12.3 Å². The van der Waals surface area contributed by atoms with Gasteiger partial charge in [-0.25, -0.2) is 4.98 Å². The molecule has 4 rings (SSSR count). The highest BCUT2D eigenvalue weighted by molar-refractivity contribution is 6.32. The molecule has 1 fully saturated rings. The van der Waals surface area contributed by atoms with Crippen LogP contribution < -0.4 is 4.74 Å². The first-order valence-corrected chi connectivity index (χ1v) is 8.76. The molecule has 1 aliphatic rings. The second kappa shape index (κ2) is 7.11. The van der Waals surface area contributed by atoms with E-state index in [0.29, 0.717) is 30.5 Å². The van der Waals surface area contributed by atoms with E-state index in [0.717, 1.165) is 16.7 Å². The topological polar surface area (TPSA) is 45.5 Å². The number of methoxy groups -OCH3 is 1. The summed E-state index contributed by atoms with van der Waals surface area (Å²) in [7, 11) is 1.61. The number of nitrogens with zero attached hydrogens (tertiary/aromatic N) is 2. The Bertz CT molecular complexity index is 873. The minimum absolute atomic E-state index is 0.556. The molecule has 3 aromatic rings. The van der Waals surface area contributed by atoms with E-state index in [1.54, 1.807) is 19.6 Å².